The van der Waals surface area contributed by atoms with Crippen LogP contribution < -0.4 is 19.6 Å². The molecular formula is C24H30N2O4. The summed E-state index contributed by atoms with van der Waals surface area (Å²) in [5, 5.41) is 4.27. The zero-order chi connectivity index (χ0) is 21.5. The van der Waals surface area contributed by atoms with Gasteiger partial charge in [-0.2, -0.15) is 5.10 Å². The Hall–Kier alpha value is -3.02. The fourth-order valence-electron chi connectivity index (χ4n) is 3.91. The average molecular weight is 411 g/mol. The molecule has 0 saturated heterocycles. The van der Waals surface area contributed by atoms with E-state index in [0.29, 0.717) is 28.7 Å². The van der Waals surface area contributed by atoms with E-state index in [4.69, 9.17) is 14.2 Å². The summed E-state index contributed by atoms with van der Waals surface area (Å²) in [7, 11) is 4.55. The molecule has 160 valence electrons. The normalized spacial score (nSPS) is 14.9. The van der Waals surface area contributed by atoms with E-state index in [1.807, 2.05) is 6.92 Å². The number of carbonyl (C=O) groups is 1. The molecule has 0 unspecified atom stereocenters. The van der Waals surface area contributed by atoms with Gasteiger partial charge in [0.15, 0.2) is 11.5 Å². The minimum atomic E-state index is -0.354. The summed E-state index contributed by atoms with van der Waals surface area (Å²) in [5.74, 6) is 1.59. The minimum absolute atomic E-state index is 0.354. The van der Waals surface area contributed by atoms with Crippen LogP contribution in [0.1, 0.15) is 66.4 Å². The number of nitrogens with one attached hydrogen (secondary N) is 1. The Morgan fingerprint density at radius 3 is 2.03 bits per heavy atom. The van der Waals surface area contributed by atoms with Gasteiger partial charge in [0, 0.05) is 5.56 Å². The van der Waals surface area contributed by atoms with Gasteiger partial charge < -0.3 is 14.2 Å². The molecular weight excluding hydrogens is 380 g/mol. The van der Waals surface area contributed by atoms with Crippen LogP contribution in [-0.2, 0) is 0 Å². The lowest BCUT2D eigenvalue weighted by Gasteiger charge is -2.22. The third-order valence-electron chi connectivity index (χ3n) is 5.66. The van der Waals surface area contributed by atoms with Crippen molar-refractivity contribution in [3.05, 3.63) is 53.1 Å². The van der Waals surface area contributed by atoms with Crippen LogP contribution in [0.3, 0.4) is 0 Å². The zero-order valence-electron chi connectivity index (χ0n) is 18.2. The first kappa shape index (κ1) is 21.7. The molecule has 0 aromatic heterocycles. The Balaban J connectivity index is 1.71. The number of methoxy groups -OCH3 is 3. The number of ether oxygens (including phenoxy) is 3. The number of carbonyl (C=O) groups excluding carboxylic acids is 1. The smallest absolute Gasteiger partial charge is 0.271 e. The molecule has 1 N–H and O–H groups in total. The highest BCUT2D eigenvalue weighted by molar-refractivity contribution is 6.01. The molecule has 6 nitrogen and oxygen atoms in total. The van der Waals surface area contributed by atoms with Crippen molar-refractivity contribution in [1.82, 2.24) is 5.43 Å². The van der Waals surface area contributed by atoms with Gasteiger partial charge in [-0.05, 0) is 48.9 Å². The van der Waals surface area contributed by atoms with Gasteiger partial charge in [0.2, 0.25) is 5.75 Å². The Bertz CT molecular complexity index is 875. The van der Waals surface area contributed by atoms with E-state index < -0.39 is 0 Å². The third-order valence-corrected chi connectivity index (χ3v) is 5.66. The van der Waals surface area contributed by atoms with E-state index in [0.717, 1.165) is 11.3 Å². The lowest BCUT2D eigenvalue weighted by molar-refractivity contribution is 0.0954. The Morgan fingerprint density at radius 2 is 1.50 bits per heavy atom. The number of rotatable bonds is 7. The van der Waals surface area contributed by atoms with E-state index >= 15 is 0 Å². The molecule has 2 aromatic rings. The van der Waals surface area contributed by atoms with Crippen molar-refractivity contribution in [2.24, 2.45) is 5.10 Å². The molecule has 0 radical (unpaired) electrons. The molecule has 1 amide bonds. The van der Waals surface area contributed by atoms with Crippen molar-refractivity contribution < 1.29 is 19.0 Å². The highest BCUT2D eigenvalue weighted by Crippen LogP contribution is 2.38. The number of hydrogen-bond donors (Lipinski definition) is 1. The highest BCUT2D eigenvalue weighted by atomic mass is 16.5. The lowest BCUT2D eigenvalue weighted by atomic mass is 9.84. The average Bonchev–Trinajstić information content (AvgIpc) is 2.81. The van der Waals surface area contributed by atoms with Crippen LogP contribution in [0, 0.1) is 0 Å². The first-order chi connectivity index (χ1) is 14.6. The second kappa shape index (κ2) is 10.1. The highest BCUT2D eigenvalue weighted by Gasteiger charge is 2.17. The summed E-state index contributed by atoms with van der Waals surface area (Å²) in [6.07, 6.45) is 6.54. The van der Waals surface area contributed by atoms with E-state index in [9.17, 15) is 4.79 Å². The summed E-state index contributed by atoms with van der Waals surface area (Å²) < 4.78 is 15.9. The summed E-state index contributed by atoms with van der Waals surface area (Å²) in [4.78, 5) is 12.6. The molecule has 0 spiro atoms. The maximum absolute atomic E-state index is 12.6. The number of amides is 1. The molecule has 0 atom stereocenters. The van der Waals surface area contributed by atoms with Crippen LogP contribution in [0.5, 0.6) is 17.2 Å². The van der Waals surface area contributed by atoms with Crippen molar-refractivity contribution in [1.29, 1.82) is 0 Å². The van der Waals surface area contributed by atoms with Crippen molar-refractivity contribution in [3.8, 4) is 17.2 Å². The van der Waals surface area contributed by atoms with Crippen molar-refractivity contribution >= 4 is 11.6 Å². The molecule has 2 aromatic carbocycles. The lowest BCUT2D eigenvalue weighted by Crippen LogP contribution is -2.19. The molecule has 1 aliphatic carbocycles. The Kier molecular flexibility index (Phi) is 7.33. The van der Waals surface area contributed by atoms with Gasteiger partial charge in [-0.1, -0.05) is 43.5 Å². The monoisotopic (exact) mass is 410 g/mol. The number of hydrogen-bond acceptors (Lipinski definition) is 5. The van der Waals surface area contributed by atoms with Crippen LogP contribution in [0.15, 0.2) is 41.5 Å². The van der Waals surface area contributed by atoms with E-state index in [1.54, 1.807) is 12.1 Å². The summed E-state index contributed by atoms with van der Waals surface area (Å²) >= 11 is 0. The molecule has 1 fully saturated rings. The molecule has 0 bridgehead atoms. The van der Waals surface area contributed by atoms with Crippen molar-refractivity contribution in [2.75, 3.05) is 21.3 Å². The third kappa shape index (κ3) is 4.93. The van der Waals surface area contributed by atoms with Crippen LogP contribution in [0.25, 0.3) is 0 Å². The van der Waals surface area contributed by atoms with Gasteiger partial charge in [0.1, 0.15) is 0 Å². The molecule has 1 saturated carbocycles. The topological polar surface area (TPSA) is 69.2 Å². The predicted molar refractivity (Wildman–Crippen MR) is 118 cm³/mol. The van der Waals surface area contributed by atoms with E-state index in [2.05, 4.69) is 34.8 Å². The van der Waals surface area contributed by atoms with Gasteiger partial charge in [-0.3, -0.25) is 4.79 Å². The Labute approximate surface area is 178 Å². The second-order valence-corrected chi connectivity index (χ2v) is 7.51. The van der Waals surface area contributed by atoms with Gasteiger partial charge in [0.25, 0.3) is 5.91 Å². The van der Waals surface area contributed by atoms with Gasteiger partial charge >= 0.3 is 0 Å². The predicted octanol–water partition coefficient (Wildman–Crippen LogP) is 4.91. The van der Waals surface area contributed by atoms with Crippen LogP contribution in [0.2, 0.25) is 0 Å². The van der Waals surface area contributed by atoms with E-state index in [-0.39, 0.29) is 5.91 Å². The first-order valence-electron chi connectivity index (χ1n) is 10.3. The minimum Gasteiger partial charge on any atom is -0.493 e. The number of benzene rings is 2. The fourth-order valence-corrected chi connectivity index (χ4v) is 3.91. The summed E-state index contributed by atoms with van der Waals surface area (Å²) in [5.41, 5.74) is 6.11. The maximum Gasteiger partial charge on any atom is 0.271 e. The van der Waals surface area contributed by atoms with Gasteiger partial charge in [0.05, 0.1) is 27.0 Å². The largest absolute Gasteiger partial charge is 0.493 e. The zero-order valence-corrected chi connectivity index (χ0v) is 18.2. The molecule has 3 rings (SSSR count). The van der Waals surface area contributed by atoms with Gasteiger partial charge in [-0.15, -0.1) is 0 Å². The van der Waals surface area contributed by atoms with Crippen molar-refractivity contribution in [3.63, 3.8) is 0 Å². The fraction of sp³-hybridized carbons (Fsp3) is 0.417. The van der Waals surface area contributed by atoms with Gasteiger partial charge in [-0.25, -0.2) is 5.43 Å². The second-order valence-electron chi connectivity index (χ2n) is 7.51. The SMILES string of the molecule is COc1cc(C(=O)N/N=C(\C)c2ccc(C3CCCCC3)cc2)cc(OC)c1OC. The molecule has 6 heteroatoms. The van der Waals surface area contributed by atoms with Crippen LogP contribution in [-0.4, -0.2) is 32.9 Å². The first-order valence-corrected chi connectivity index (χ1v) is 10.3. The standard InChI is InChI=1S/C24H30N2O4/c1-16(17-10-12-19(13-11-17)18-8-6-5-7-9-18)25-26-24(27)20-14-21(28-2)23(30-4)22(15-20)29-3/h10-15,18H,5-9H2,1-4H3,(H,26,27)/b25-16+. The maximum atomic E-state index is 12.6. The molecule has 0 aliphatic heterocycles. The molecule has 30 heavy (non-hydrogen) atoms. The molecule has 1 aliphatic rings. The quantitative estimate of drug-likeness (QED) is 0.520. The summed E-state index contributed by atoms with van der Waals surface area (Å²) in [6, 6.07) is 11.7. The van der Waals surface area contributed by atoms with Crippen LogP contribution >= 0.6 is 0 Å². The number of nitrogens with zero attached hydrogens (tertiary/aromatic N) is 1. The van der Waals surface area contributed by atoms with Crippen molar-refractivity contribution in [2.45, 2.75) is 44.9 Å². The molecule has 0 heterocycles. The number of hydrazone groups is 1. The Morgan fingerprint density at radius 1 is 0.900 bits per heavy atom. The summed E-state index contributed by atoms with van der Waals surface area (Å²) in [6.45, 7) is 1.88. The van der Waals surface area contributed by atoms with Crippen LogP contribution in [0.4, 0.5) is 0 Å². The van der Waals surface area contributed by atoms with E-state index in [1.165, 1.54) is 59.0 Å².